The number of ether oxygens (including phenoxy) is 1. The molecule has 3 aromatic heterocycles. The third kappa shape index (κ3) is 4.68. The predicted octanol–water partition coefficient (Wildman–Crippen LogP) is 3.55. The Bertz CT molecular complexity index is 1010. The fraction of sp³-hybridized carbons (Fsp3) is 0.400. The van der Waals surface area contributed by atoms with Crippen LogP contribution in [0.1, 0.15) is 41.9 Å². The van der Waals surface area contributed by atoms with Gasteiger partial charge in [0, 0.05) is 26.0 Å². The van der Waals surface area contributed by atoms with Gasteiger partial charge in [-0.05, 0) is 48.8 Å². The SMILES string of the molecule is CC(Nc1nc(C(=O)NCC2CCOCC2)c2sccc2n1)c1cncc(F)c1. The molecule has 0 saturated carbocycles. The van der Waals surface area contributed by atoms with E-state index in [4.69, 9.17) is 4.74 Å². The van der Waals surface area contributed by atoms with Crippen molar-refractivity contribution < 1.29 is 13.9 Å². The lowest BCUT2D eigenvalue weighted by Gasteiger charge is -2.22. The van der Waals surface area contributed by atoms with Gasteiger partial charge in [-0.2, -0.15) is 0 Å². The summed E-state index contributed by atoms with van der Waals surface area (Å²) in [6.07, 6.45) is 4.64. The molecule has 0 spiro atoms. The van der Waals surface area contributed by atoms with Gasteiger partial charge < -0.3 is 15.4 Å². The van der Waals surface area contributed by atoms with Crippen LogP contribution in [-0.4, -0.2) is 40.6 Å². The topological polar surface area (TPSA) is 89.0 Å². The molecule has 7 nitrogen and oxygen atoms in total. The van der Waals surface area contributed by atoms with Gasteiger partial charge in [0.05, 0.1) is 22.5 Å². The number of amides is 1. The molecule has 29 heavy (non-hydrogen) atoms. The first-order chi connectivity index (χ1) is 14.1. The minimum absolute atomic E-state index is 0.213. The van der Waals surface area contributed by atoms with E-state index >= 15 is 0 Å². The van der Waals surface area contributed by atoms with Crippen molar-refractivity contribution >= 4 is 33.4 Å². The van der Waals surface area contributed by atoms with Crippen molar-refractivity contribution in [2.75, 3.05) is 25.1 Å². The van der Waals surface area contributed by atoms with E-state index in [0.717, 1.165) is 37.0 Å². The van der Waals surface area contributed by atoms with Crippen LogP contribution in [0.2, 0.25) is 0 Å². The average Bonchev–Trinajstić information content (AvgIpc) is 3.21. The zero-order valence-corrected chi connectivity index (χ0v) is 16.8. The highest BCUT2D eigenvalue weighted by Crippen LogP contribution is 2.25. The number of pyridine rings is 1. The summed E-state index contributed by atoms with van der Waals surface area (Å²) in [7, 11) is 0. The van der Waals surface area contributed by atoms with Gasteiger partial charge in [-0.1, -0.05) is 0 Å². The summed E-state index contributed by atoms with van der Waals surface area (Å²) in [5.74, 6) is 0.128. The fourth-order valence-electron chi connectivity index (χ4n) is 3.30. The van der Waals surface area contributed by atoms with E-state index in [1.165, 1.54) is 17.4 Å². The second-order valence-electron chi connectivity index (χ2n) is 7.10. The van der Waals surface area contributed by atoms with Gasteiger partial charge in [-0.15, -0.1) is 11.3 Å². The number of carbonyl (C=O) groups is 1. The molecule has 2 N–H and O–H groups in total. The summed E-state index contributed by atoms with van der Waals surface area (Å²) in [6, 6.07) is 3.00. The van der Waals surface area contributed by atoms with Gasteiger partial charge in [-0.25, -0.2) is 14.4 Å². The van der Waals surface area contributed by atoms with Crippen LogP contribution in [0.4, 0.5) is 10.3 Å². The molecule has 1 fully saturated rings. The number of fused-ring (bicyclic) bond motifs is 1. The number of aromatic nitrogens is 3. The molecule has 3 aromatic rings. The van der Waals surface area contributed by atoms with Crippen molar-refractivity contribution in [2.24, 2.45) is 5.92 Å². The van der Waals surface area contributed by atoms with Gasteiger partial charge >= 0.3 is 0 Å². The molecular weight excluding hydrogens is 393 g/mol. The van der Waals surface area contributed by atoms with Crippen molar-refractivity contribution in [1.82, 2.24) is 20.3 Å². The van der Waals surface area contributed by atoms with Crippen molar-refractivity contribution in [3.63, 3.8) is 0 Å². The van der Waals surface area contributed by atoms with E-state index < -0.39 is 5.82 Å². The lowest BCUT2D eigenvalue weighted by atomic mass is 10.0. The van der Waals surface area contributed by atoms with Gasteiger partial charge in [0.2, 0.25) is 5.95 Å². The smallest absolute Gasteiger partial charge is 0.271 e. The molecule has 1 aliphatic heterocycles. The number of nitrogens with zero attached hydrogens (tertiary/aromatic N) is 3. The molecule has 1 unspecified atom stereocenters. The van der Waals surface area contributed by atoms with E-state index in [2.05, 4.69) is 25.6 Å². The molecule has 1 atom stereocenters. The van der Waals surface area contributed by atoms with Crippen LogP contribution in [0.3, 0.4) is 0 Å². The summed E-state index contributed by atoms with van der Waals surface area (Å²) in [4.78, 5) is 25.7. The maximum atomic E-state index is 13.5. The highest BCUT2D eigenvalue weighted by atomic mass is 32.1. The molecule has 9 heteroatoms. The summed E-state index contributed by atoms with van der Waals surface area (Å²) < 4.78 is 19.6. The lowest BCUT2D eigenvalue weighted by Crippen LogP contribution is -2.32. The van der Waals surface area contributed by atoms with Gasteiger partial charge in [-0.3, -0.25) is 9.78 Å². The maximum absolute atomic E-state index is 13.5. The summed E-state index contributed by atoms with van der Waals surface area (Å²) >= 11 is 1.44. The molecule has 1 aliphatic rings. The Morgan fingerprint density at radius 1 is 1.34 bits per heavy atom. The minimum Gasteiger partial charge on any atom is -0.381 e. The Morgan fingerprint density at radius 3 is 2.97 bits per heavy atom. The lowest BCUT2D eigenvalue weighted by molar-refractivity contribution is 0.0642. The van der Waals surface area contributed by atoms with E-state index in [0.29, 0.717) is 35.2 Å². The zero-order chi connectivity index (χ0) is 20.2. The van der Waals surface area contributed by atoms with Gasteiger partial charge in [0.25, 0.3) is 5.91 Å². The number of anilines is 1. The molecule has 0 aromatic carbocycles. The first-order valence-electron chi connectivity index (χ1n) is 9.58. The summed E-state index contributed by atoms with van der Waals surface area (Å²) in [6.45, 7) is 3.95. The van der Waals surface area contributed by atoms with Crippen LogP contribution in [0.25, 0.3) is 10.2 Å². The summed E-state index contributed by atoms with van der Waals surface area (Å²) in [5.41, 5.74) is 1.72. The number of hydrogen-bond acceptors (Lipinski definition) is 7. The minimum atomic E-state index is -0.404. The number of hydrogen-bond donors (Lipinski definition) is 2. The molecule has 1 amide bonds. The van der Waals surface area contributed by atoms with E-state index in [1.807, 2.05) is 18.4 Å². The standard InChI is InChI=1S/C20H22FN5O2S/c1-12(14-8-15(21)11-22-10-14)24-20-25-16-4-7-29-18(16)17(26-20)19(27)23-9-13-2-5-28-6-3-13/h4,7-8,10-13H,2-3,5-6,9H2,1H3,(H,23,27)(H,24,25,26). The predicted molar refractivity (Wildman–Crippen MR) is 110 cm³/mol. The molecule has 0 radical (unpaired) electrons. The zero-order valence-electron chi connectivity index (χ0n) is 16.0. The number of carbonyl (C=O) groups excluding carboxylic acids is 1. The fourth-order valence-corrected chi connectivity index (χ4v) is 4.11. The Hall–Kier alpha value is -2.65. The Labute approximate surface area is 171 Å². The highest BCUT2D eigenvalue weighted by Gasteiger charge is 2.20. The molecular formula is C20H22FN5O2S. The van der Waals surface area contributed by atoms with Crippen LogP contribution in [0.5, 0.6) is 0 Å². The molecule has 0 bridgehead atoms. The van der Waals surface area contributed by atoms with E-state index in [9.17, 15) is 9.18 Å². The van der Waals surface area contributed by atoms with Crippen molar-refractivity contribution in [1.29, 1.82) is 0 Å². The monoisotopic (exact) mass is 415 g/mol. The van der Waals surface area contributed by atoms with Crippen LogP contribution in [0, 0.1) is 11.7 Å². The van der Waals surface area contributed by atoms with E-state index in [-0.39, 0.29) is 11.9 Å². The van der Waals surface area contributed by atoms with Crippen LogP contribution in [0.15, 0.2) is 29.9 Å². The first kappa shape index (κ1) is 19.7. The van der Waals surface area contributed by atoms with Crippen molar-refractivity contribution in [3.8, 4) is 0 Å². The molecule has 152 valence electrons. The third-order valence-electron chi connectivity index (χ3n) is 4.98. The third-order valence-corrected chi connectivity index (χ3v) is 5.89. The number of rotatable bonds is 6. The molecule has 0 aliphatic carbocycles. The maximum Gasteiger partial charge on any atom is 0.271 e. The Balaban J connectivity index is 1.52. The second kappa shape index (κ2) is 8.79. The molecule has 4 heterocycles. The van der Waals surface area contributed by atoms with Crippen molar-refractivity contribution in [3.05, 3.63) is 47.0 Å². The first-order valence-corrected chi connectivity index (χ1v) is 10.5. The molecule has 1 saturated heterocycles. The summed E-state index contributed by atoms with van der Waals surface area (Å²) in [5, 5.41) is 8.04. The Kier molecular flexibility index (Phi) is 5.96. The Morgan fingerprint density at radius 2 is 2.17 bits per heavy atom. The van der Waals surface area contributed by atoms with Crippen LogP contribution < -0.4 is 10.6 Å². The van der Waals surface area contributed by atoms with Crippen LogP contribution >= 0.6 is 11.3 Å². The number of halogens is 1. The molecule has 4 rings (SSSR count). The van der Waals surface area contributed by atoms with Gasteiger partial charge in [0.1, 0.15) is 5.82 Å². The van der Waals surface area contributed by atoms with Crippen molar-refractivity contribution in [2.45, 2.75) is 25.8 Å². The van der Waals surface area contributed by atoms with Crippen LogP contribution in [-0.2, 0) is 4.74 Å². The highest BCUT2D eigenvalue weighted by molar-refractivity contribution is 7.17. The van der Waals surface area contributed by atoms with E-state index in [1.54, 1.807) is 6.20 Å². The second-order valence-corrected chi connectivity index (χ2v) is 8.02. The number of thiophene rings is 1. The largest absolute Gasteiger partial charge is 0.381 e. The quantitative estimate of drug-likeness (QED) is 0.640. The number of nitrogens with one attached hydrogen (secondary N) is 2. The van der Waals surface area contributed by atoms with Gasteiger partial charge in [0.15, 0.2) is 5.69 Å². The average molecular weight is 415 g/mol. The normalized spacial score (nSPS) is 15.9.